The minimum absolute atomic E-state index is 0.301. The van der Waals surface area contributed by atoms with Crippen LogP contribution in [0.25, 0.3) is 0 Å². The molecule has 0 atom stereocenters. The molecule has 0 saturated heterocycles. The Morgan fingerprint density at radius 3 is 2.67 bits per heavy atom. The van der Waals surface area contributed by atoms with Gasteiger partial charge in [0.25, 0.3) is 0 Å². The van der Waals surface area contributed by atoms with E-state index in [2.05, 4.69) is 15.9 Å². The zero-order chi connectivity index (χ0) is 8.55. The first-order valence-corrected chi connectivity index (χ1v) is 4.38. The largest absolute Gasteiger partial charge is 0.454 e. The van der Waals surface area contributed by atoms with Crippen molar-refractivity contribution in [1.29, 1.82) is 0 Å². The molecule has 2 rings (SSSR count). The van der Waals surface area contributed by atoms with Gasteiger partial charge in [0.2, 0.25) is 6.79 Å². The zero-order valence-electron chi connectivity index (χ0n) is 6.34. The number of ether oxygens (including phenoxy) is 2. The monoisotopic (exact) mass is 229 g/mol. The van der Waals surface area contributed by atoms with Crippen molar-refractivity contribution in [2.75, 3.05) is 6.79 Å². The average molecular weight is 230 g/mol. The third-order valence-corrected chi connectivity index (χ3v) is 2.50. The predicted octanol–water partition coefficient (Wildman–Crippen LogP) is 1.64. The van der Waals surface area contributed by atoms with E-state index in [0.717, 1.165) is 21.5 Å². The molecule has 0 saturated carbocycles. The van der Waals surface area contributed by atoms with Crippen molar-refractivity contribution in [3.05, 3.63) is 22.2 Å². The van der Waals surface area contributed by atoms with Crippen molar-refractivity contribution in [1.82, 2.24) is 0 Å². The molecule has 1 heterocycles. The number of benzene rings is 1. The number of rotatable bonds is 1. The molecular formula is C8H8BrNO2. The van der Waals surface area contributed by atoms with E-state index in [4.69, 9.17) is 15.2 Å². The Balaban J connectivity index is 2.49. The minimum Gasteiger partial charge on any atom is -0.454 e. The van der Waals surface area contributed by atoms with Crippen molar-refractivity contribution in [2.24, 2.45) is 5.73 Å². The van der Waals surface area contributed by atoms with Gasteiger partial charge in [-0.1, -0.05) is 15.9 Å². The molecule has 0 fully saturated rings. The van der Waals surface area contributed by atoms with E-state index in [0.29, 0.717) is 13.3 Å². The van der Waals surface area contributed by atoms with E-state index < -0.39 is 0 Å². The third kappa shape index (κ3) is 1.17. The molecule has 12 heavy (non-hydrogen) atoms. The Labute approximate surface area is 78.6 Å². The molecule has 0 bridgehead atoms. The van der Waals surface area contributed by atoms with Gasteiger partial charge >= 0.3 is 0 Å². The van der Waals surface area contributed by atoms with Gasteiger partial charge < -0.3 is 15.2 Å². The first-order chi connectivity index (χ1) is 5.81. The summed E-state index contributed by atoms with van der Waals surface area (Å²) >= 11 is 3.39. The molecule has 3 nitrogen and oxygen atoms in total. The van der Waals surface area contributed by atoms with Crippen LogP contribution < -0.4 is 15.2 Å². The lowest BCUT2D eigenvalue weighted by molar-refractivity contribution is 0.174. The lowest BCUT2D eigenvalue weighted by atomic mass is 10.2. The van der Waals surface area contributed by atoms with Gasteiger partial charge in [-0.25, -0.2) is 0 Å². The highest BCUT2D eigenvalue weighted by Gasteiger charge is 2.15. The third-order valence-electron chi connectivity index (χ3n) is 1.76. The summed E-state index contributed by atoms with van der Waals surface area (Å²) in [6, 6.07) is 3.77. The van der Waals surface area contributed by atoms with Crippen LogP contribution in [-0.2, 0) is 6.54 Å². The fraction of sp³-hybridized carbons (Fsp3) is 0.250. The van der Waals surface area contributed by atoms with Crippen LogP contribution in [0.15, 0.2) is 16.6 Å². The summed E-state index contributed by atoms with van der Waals surface area (Å²) in [6.07, 6.45) is 0. The van der Waals surface area contributed by atoms with E-state index in [-0.39, 0.29) is 0 Å². The van der Waals surface area contributed by atoms with E-state index in [9.17, 15) is 0 Å². The molecule has 1 aromatic carbocycles. The number of hydrogen-bond acceptors (Lipinski definition) is 3. The molecular weight excluding hydrogens is 222 g/mol. The van der Waals surface area contributed by atoms with Crippen LogP contribution >= 0.6 is 15.9 Å². The lowest BCUT2D eigenvalue weighted by Crippen LogP contribution is -1.97. The van der Waals surface area contributed by atoms with Crippen LogP contribution in [-0.4, -0.2) is 6.79 Å². The second-order valence-electron chi connectivity index (χ2n) is 2.50. The fourth-order valence-corrected chi connectivity index (χ4v) is 1.60. The van der Waals surface area contributed by atoms with Gasteiger partial charge in [-0.05, 0) is 17.7 Å². The minimum atomic E-state index is 0.301. The van der Waals surface area contributed by atoms with Crippen LogP contribution in [0.5, 0.6) is 11.5 Å². The molecule has 0 aromatic heterocycles. The van der Waals surface area contributed by atoms with Crippen LogP contribution in [0, 0.1) is 0 Å². The van der Waals surface area contributed by atoms with Crippen molar-refractivity contribution >= 4 is 15.9 Å². The van der Waals surface area contributed by atoms with Gasteiger partial charge in [-0.15, -0.1) is 0 Å². The van der Waals surface area contributed by atoms with Crippen LogP contribution in [0.4, 0.5) is 0 Å². The molecule has 2 N–H and O–H groups in total. The van der Waals surface area contributed by atoms with Gasteiger partial charge in [0.05, 0.1) is 0 Å². The van der Waals surface area contributed by atoms with Gasteiger partial charge in [-0.3, -0.25) is 0 Å². The Hall–Kier alpha value is -0.740. The normalized spacial score (nSPS) is 13.5. The molecule has 1 aliphatic heterocycles. The maximum absolute atomic E-state index is 5.52. The number of nitrogens with two attached hydrogens (primary N) is 1. The van der Waals surface area contributed by atoms with Gasteiger partial charge in [0.1, 0.15) is 0 Å². The number of hydrogen-bond donors (Lipinski definition) is 1. The Morgan fingerprint density at radius 1 is 1.33 bits per heavy atom. The Morgan fingerprint density at radius 2 is 2.00 bits per heavy atom. The molecule has 4 heteroatoms. The van der Waals surface area contributed by atoms with Crippen LogP contribution in [0.3, 0.4) is 0 Å². The molecule has 1 aliphatic rings. The maximum atomic E-state index is 5.52. The molecule has 0 amide bonds. The summed E-state index contributed by atoms with van der Waals surface area (Å²) in [4.78, 5) is 0. The first kappa shape index (κ1) is 7.89. The Bertz CT molecular complexity index is 313. The lowest BCUT2D eigenvalue weighted by Gasteiger charge is -2.02. The van der Waals surface area contributed by atoms with E-state index in [1.165, 1.54) is 0 Å². The van der Waals surface area contributed by atoms with E-state index >= 15 is 0 Å². The SMILES string of the molecule is NCc1cc2c(cc1Br)OCO2. The topological polar surface area (TPSA) is 44.5 Å². The van der Waals surface area contributed by atoms with Gasteiger partial charge in [0.15, 0.2) is 11.5 Å². The summed E-state index contributed by atoms with van der Waals surface area (Å²) < 4.78 is 11.3. The van der Waals surface area contributed by atoms with Crippen molar-refractivity contribution in [3.8, 4) is 11.5 Å². The quantitative estimate of drug-likeness (QED) is 0.797. The second-order valence-corrected chi connectivity index (χ2v) is 3.36. The molecule has 1 aromatic rings. The van der Waals surface area contributed by atoms with Crippen molar-refractivity contribution in [2.45, 2.75) is 6.54 Å². The smallest absolute Gasteiger partial charge is 0.231 e. The zero-order valence-corrected chi connectivity index (χ0v) is 7.93. The predicted molar refractivity (Wildman–Crippen MR) is 48.2 cm³/mol. The highest BCUT2D eigenvalue weighted by molar-refractivity contribution is 9.10. The summed E-state index contributed by atoms with van der Waals surface area (Å²) in [5.74, 6) is 1.55. The highest BCUT2D eigenvalue weighted by atomic mass is 79.9. The van der Waals surface area contributed by atoms with Crippen LogP contribution in [0.1, 0.15) is 5.56 Å². The summed E-state index contributed by atoms with van der Waals surface area (Å²) in [7, 11) is 0. The molecule has 0 unspecified atom stereocenters. The standard InChI is InChI=1S/C8H8BrNO2/c9-6-2-8-7(11-4-12-8)1-5(6)3-10/h1-2H,3-4,10H2. The van der Waals surface area contributed by atoms with Crippen molar-refractivity contribution in [3.63, 3.8) is 0 Å². The van der Waals surface area contributed by atoms with E-state index in [1.54, 1.807) is 0 Å². The summed E-state index contributed by atoms with van der Waals surface area (Å²) in [5.41, 5.74) is 6.55. The molecule has 64 valence electrons. The summed E-state index contributed by atoms with van der Waals surface area (Å²) in [6.45, 7) is 0.799. The van der Waals surface area contributed by atoms with Gasteiger partial charge in [-0.2, -0.15) is 0 Å². The maximum Gasteiger partial charge on any atom is 0.231 e. The second kappa shape index (κ2) is 2.95. The fourth-order valence-electron chi connectivity index (χ4n) is 1.12. The summed E-state index contributed by atoms with van der Waals surface area (Å²) in [5, 5.41) is 0. The van der Waals surface area contributed by atoms with Gasteiger partial charge in [0, 0.05) is 11.0 Å². The highest BCUT2D eigenvalue weighted by Crippen LogP contribution is 2.36. The molecule has 0 radical (unpaired) electrons. The molecule has 0 aliphatic carbocycles. The van der Waals surface area contributed by atoms with Crippen LogP contribution in [0.2, 0.25) is 0 Å². The number of fused-ring (bicyclic) bond motifs is 1. The first-order valence-electron chi connectivity index (χ1n) is 3.59. The van der Waals surface area contributed by atoms with Crippen molar-refractivity contribution < 1.29 is 9.47 Å². The Kier molecular flexibility index (Phi) is 1.94. The molecule has 0 spiro atoms. The number of halogens is 1. The average Bonchev–Trinajstić information content (AvgIpc) is 2.49. The van der Waals surface area contributed by atoms with E-state index in [1.807, 2.05) is 12.1 Å².